The van der Waals surface area contributed by atoms with E-state index in [1.165, 1.54) is 17.0 Å². The zero-order valence-corrected chi connectivity index (χ0v) is 16.2. The summed E-state index contributed by atoms with van der Waals surface area (Å²) in [6.45, 7) is 3.36. The maximum atomic E-state index is 12.7. The van der Waals surface area contributed by atoms with Gasteiger partial charge in [-0.1, -0.05) is 18.2 Å². The summed E-state index contributed by atoms with van der Waals surface area (Å²) in [5, 5.41) is 11.1. The Morgan fingerprint density at radius 3 is 2.45 bits per heavy atom. The Kier molecular flexibility index (Phi) is 6.43. The monoisotopic (exact) mass is 397 g/mol. The van der Waals surface area contributed by atoms with Gasteiger partial charge in [0.25, 0.3) is 11.6 Å². The number of nitrogens with zero attached hydrogens (tertiary/aromatic N) is 3. The lowest BCUT2D eigenvalue weighted by molar-refractivity contribution is -0.384. The maximum Gasteiger partial charge on any atom is 0.341 e. The summed E-state index contributed by atoms with van der Waals surface area (Å²) in [7, 11) is 0. The number of amides is 1. The van der Waals surface area contributed by atoms with Crippen LogP contribution in [-0.2, 0) is 9.53 Å². The first-order valence-corrected chi connectivity index (χ1v) is 9.57. The van der Waals surface area contributed by atoms with Crippen molar-refractivity contribution in [3.05, 3.63) is 64.2 Å². The molecule has 0 aliphatic carbocycles. The average molecular weight is 397 g/mol. The molecule has 1 aliphatic heterocycles. The third-order valence-corrected chi connectivity index (χ3v) is 4.87. The topological polar surface area (TPSA) is 93.0 Å². The van der Waals surface area contributed by atoms with Crippen LogP contribution in [0, 0.1) is 10.1 Å². The lowest BCUT2D eigenvalue weighted by Gasteiger charge is -2.22. The summed E-state index contributed by atoms with van der Waals surface area (Å²) >= 11 is 0. The fourth-order valence-corrected chi connectivity index (χ4v) is 3.43. The fraction of sp³-hybridized carbons (Fsp3) is 0.333. The number of nitro groups is 1. The minimum absolute atomic E-state index is 0.108. The zero-order valence-electron chi connectivity index (χ0n) is 16.2. The van der Waals surface area contributed by atoms with Crippen molar-refractivity contribution in [1.82, 2.24) is 0 Å². The van der Waals surface area contributed by atoms with E-state index in [4.69, 9.17) is 4.74 Å². The molecular weight excluding hydrogens is 374 g/mol. The van der Waals surface area contributed by atoms with Crippen LogP contribution in [0.4, 0.5) is 17.1 Å². The molecule has 8 heteroatoms. The Morgan fingerprint density at radius 1 is 1.14 bits per heavy atom. The van der Waals surface area contributed by atoms with Gasteiger partial charge in [-0.05, 0) is 38.0 Å². The molecule has 0 N–H and O–H groups in total. The summed E-state index contributed by atoms with van der Waals surface area (Å²) in [6.07, 6.45) is 1.99. The van der Waals surface area contributed by atoms with E-state index in [1.54, 1.807) is 18.2 Å². The van der Waals surface area contributed by atoms with E-state index in [9.17, 15) is 19.7 Å². The number of carbonyl (C=O) groups excluding carboxylic acids is 2. The minimum atomic E-state index is -0.743. The molecule has 0 atom stereocenters. The molecule has 0 saturated carbocycles. The Hall–Kier alpha value is -3.42. The number of carbonyl (C=O) groups is 2. The van der Waals surface area contributed by atoms with E-state index in [1.807, 2.05) is 30.0 Å². The molecule has 0 aromatic heterocycles. The Morgan fingerprint density at radius 2 is 1.83 bits per heavy atom. The van der Waals surface area contributed by atoms with Crippen LogP contribution < -0.4 is 9.80 Å². The van der Waals surface area contributed by atoms with Crippen molar-refractivity contribution in [2.45, 2.75) is 19.8 Å². The third kappa shape index (κ3) is 4.71. The first kappa shape index (κ1) is 20.3. The van der Waals surface area contributed by atoms with Crippen molar-refractivity contribution in [2.75, 3.05) is 36.0 Å². The van der Waals surface area contributed by atoms with Gasteiger partial charge in [0.05, 0.1) is 16.2 Å². The van der Waals surface area contributed by atoms with Gasteiger partial charge in [0, 0.05) is 37.5 Å². The van der Waals surface area contributed by atoms with Gasteiger partial charge in [-0.3, -0.25) is 14.9 Å². The van der Waals surface area contributed by atoms with E-state index >= 15 is 0 Å². The number of hydrogen-bond acceptors (Lipinski definition) is 6. The number of hydrogen-bond donors (Lipinski definition) is 0. The highest BCUT2D eigenvalue weighted by atomic mass is 16.6. The third-order valence-electron chi connectivity index (χ3n) is 4.87. The van der Waals surface area contributed by atoms with Crippen LogP contribution in [-0.4, -0.2) is 43.0 Å². The smallest absolute Gasteiger partial charge is 0.341 e. The van der Waals surface area contributed by atoms with Crippen LogP contribution in [0.25, 0.3) is 0 Å². The van der Waals surface area contributed by atoms with Crippen LogP contribution in [0.3, 0.4) is 0 Å². The van der Waals surface area contributed by atoms with E-state index in [-0.39, 0.29) is 17.2 Å². The second kappa shape index (κ2) is 9.18. The van der Waals surface area contributed by atoms with Gasteiger partial charge in [-0.2, -0.15) is 0 Å². The van der Waals surface area contributed by atoms with Gasteiger partial charge >= 0.3 is 5.97 Å². The van der Waals surface area contributed by atoms with Crippen molar-refractivity contribution in [2.24, 2.45) is 0 Å². The van der Waals surface area contributed by atoms with Crippen LogP contribution in [0.15, 0.2) is 48.5 Å². The SMILES string of the molecule is CCN(C(=O)COC(=O)c1cc([N+](=O)[O-])ccc1N1CCCC1)c1ccccc1. The van der Waals surface area contributed by atoms with E-state index in [0.717, 1.165) is 25.9 Å². The molecule has 1 amide bonds. The van der Waals surface area contributed by atoms with Gasteiger partial charge in [-0.25, -0.2) is 4.79 Å². The molecule has 29 heavy (non-hydrogen) atoms. The molecule has 1 heterocycles. The molecular formula is C21H23N3O5. The molecule has 1 saturated heterocycles. The largest absolute Gasteiger partial charge is 0.452 e. The summed E-state index contributed by atoms with van der Waals surface area (Å²) in [4.78, 5) is 39.4. The van der Waals surface area contributed by atoms with Crippen molar-refractivity contribution in [3.63, 3.8) is 0 Å². The molecule has 0 spiro atoms. The number of para-hydroxylation sites is 1. The predicted octanol–water partition coefficient (Wildman–Crippen LogP) is 3.40. The molecule has 8 nitrogen and oxygen atoms in total. The molecule has 152 valence electrons. The Balaban J connectivity index is 1.76. The van der Waals surface area contributed by atoms with Crippen LogP contribution >= 0.6 is 0 Å². The molecule has 1 aliphatic rings. The molecule has 1 fully saturated rings. The number of ether oxygens (including phenoxy) is 1. The van der Waals surface area contributed by atoms with Crippen molar-refractivity contribution >= 4 is 28.9 Å². The molecule has 0 radical (unpaired) electrons. The van der Waals surface area contributed by atoms with Gasteiger partial charge in [0.2, 0.25) is 0 Å². The molecule has 2 aromatic rings. The maximum absolute atomic E-state index is 12.7. The van der Waals surface area contributed by atoms with E-state index < -0.39 is 17.5 Å². The molecule has 0 unspecified atom stereocenters. The summed E-state index contributed by atoms with van der Waals surface area (Å²) in [6, 6.07) is 13.3. The van der Waals surface area contributed by atoms with Crippen LogP contribution in [0.5, 0.6) is 0 Å². The van der Waals surface area contributed by atoms with Crippen LogP contribution in [0.2, 0.25) is 0 Å². The number of benzene rings is 2. The Labute approximate surface area is 168 Å². The first-order valence-electron chi connectivity index (χ1n) is 9.57. The second-order valence-corrected chi connectivity index (χ2v) is 6.70. The highest BCUT2D eigenvalue weighted by Crippen LogP contribution is 2.29. The van der Waals surface area contributed by atoms with Crippen molar-refractivity contribution in [1.29, 1.82) is 0 Å². The van der Waals surface area contributed by atoms with Crippen LogP contribution in [0.1, 0.15) is 30.1 Å². The molecule has 3 rings (SSSR count). The summed E-state index contributed by atoms with van der Waals surface area (Å²) in [5.74, 6) is -1.10. The Bertz CT molecular complexity index is 894. The fourth-order valence-electron chi connectivity index (χ4n) is 3.43. The molecule has 0 bridgehead atoms. The molecule has 2 aromatic carbocycles. The van der Waals surface area contributed by atoms with E-state index in [0.29, 0.717) is 17.9 Å². The van der Waals surface area contributed by atoms with Gasteiger partial charge < -0.3 is 14.5 Å². The lowest BCUT2D eigenvalue weighted by atomic mass is 10.1. The quantitative estimate of drug-likeness (QED) is 0.404. The van der Waals surface area contributed by atoms with Crippen molar-refractivity contribution in [3.8, 4) is 0 Å². The van der Waals surface area contributed by atoms with Crippen molar-refractivity contribution < 1.29 is 19.2 Å². The second-order valence-electron chi connectivity index (χ2n) is 6.70. The highest BCUT2D eigenvalue weighted by molar-refractivity contribution is 6.00. The van der Waals surface area contributed by atoms with Gasteiger partial charge in [0.15, 0.2) is 6.61 Å². The number of nitro benzene ring substituents is 1. The number of non-ortho nitro benzene ring substituents is 1. The summed E-state index contributed by atoms with van der Waals surface area (Å²) < 4.78 is 5.25. The first-order chi connectivity index (χ1) is 14.0. The summed E-state index contributed by atoms with van der Waals surface area (Å²) in [5.41, 5.74) is 1.23. The number of anilines is 2. The van der Waals surface area contributed by atoms with E-state index in [2.05, 4.69) is 0 Å². The average Bonchev–Trinajstić information content (AvgIpc) is 3.27. The lowest BCUT2D eigenvalue weighted by Crippen LogP contribution is -2.34. The normalized spacial score (nSPS) is 13.2. The van der Waals surface area contributed by atoms with Gasteiger partial charge in [-0.15, -0.1) is 0 Å². The number of likely N-dealkylation sites (N-methyl/N-ethyl adjacent to an activating group) is 1. The standard InChI is InChI=1S/C21H23N3O5/c1-2-23(16-8-4-3-5-9-16)20(25)15-29-21(26)18-14-17(24(27)28)10-11-19(18)22-12-6-7-13-22/h3-5,8-11,14H,2,6-7,12-13,15H2,1H3. The number of esters is 1. The minimum Gasteiger partial charge on any atom is -0.452 e. The zero-order chi connectivity index (χ0) is 20.8. The van der Waals surface area contributed by atoms with Gasteiger partial charge in [0.1, 0.15) is 0 Å². The highest BCUT2D eigenvalue weighted by Gasteiger charge is 2.24. The number of rotatable bonds is 7. The predicted molar refractivity (Wildman–Crippen MR) is 109 cm³/mol.